The minimum atomic E-state index is -1.34. The van der Waals surface area contributed by atoms with Gasteiger partial charge in [0.1, 0.15) is 15.0 Å². The number of methoxy groups -OCH3 is 1. The number of amides is 1. The van der Waals surface area contributed by atoms with Gasteiger partial charge in [-0.25, -0.2) is 0 Å². The first-order valence-electron chi connectivity index (χ1n) is 6.49. The molecule has 0 aromatic heterocycles. The maximum atomic E-state index is 12.5. The SMILES string of the molecule is COc1ccc2c(c1)N(C)/C(=C1/SC(=S)N(CC(=O)[O-])C1=O)S2. The lowest BCUT2D eigenvalue weighted by Gasteiger charge is -2.16. The number of thiocarbonyl (C=S) groups is 1. The van der Waals surface area contributed by atoms with Crippen LogP contribution in [0.4, 0.5) is 5.69 Å². The molecule has 0 N–H and O–H groups in total. The van der Waals surface area contributed by atoms with Crippen LogP contribution >= 0.6 is 35.7 Å². The van der Waals surface area contributed by atoms with Crippen LogP contribution in [-0.2, 0) is 9.59 Å². The second-order valence-corrected chi connectivity index (χ2v) is 7.44. The van der Waals surface area contributed by atoms with Gasteiger partial charge in [0.15, 0.2) is 0 Å². The molecule has 0 atom stereocenters. The van der Waals surface area contributed by atoms with Crippen LogP contribution in [0.25, 0.3) is 0 Å². The molecular formula is C14H11N2O4S3-. The molecule has 2 aliphatic rings. The van der Waals surface area contributed by atoms with Gasteiger partial charge in [-0.3, -0.25) is 9.69 Å². The minimum absolute atomic E-state index is 0.226. The van der Waals surface area contributed by atoms with E-state index >= 15 is 0 Å². The molecule has 6 nitrogen and oxygen atoms in total. The first kappa shape index (κ1) is 16.2. The van der Waals surface area contributed by atoms with E-state index in [1.165, 1.54) is 11.8 Å². The van der Waals surface area contributed by atoms with Gasteiger partial charge in [-0.2, -0.15) is 0 Å². The van der Waals surface area contributed by atoms with E-state index in [-0.39, 0.29) is 4.32 Å². The summed E-state index contributed by atoms with van der Waals surface area (Å²) < 4.78 is 5.45. The molecule has 0 spiro atoms. The summed E-state index contributed by atoms with van der Waals surface area (Å²) in [5.41, 5.74) is 0.925. The second kappa shape index (κ2) is 6.06. The fourth-order valence-corrected chi connectivity index (χ4v) is 4.81. The van der Waals surface area contributed by atoms with E-state index in [0.717, 1.165) is 38.0 Å². The summed E-state index contributed by atoms with van der Waals surface area (Å²) in [5.74, 6) is -1.02. The minimum Gasteiger partial charge on any atom is -0.548 e. The van der Waals surface area contributed by atoms with Crippen molar-refractivity contribution in [1.82, 2.24) is 4.90 Å². The molecule has 3 rings (SSSR count). The predicted molar refractivity (Wildman–Crippen MR) is 91.2 cm³/mol. The van der Waals surface area contributed by atoms with Gasteiger partial charge in [-0.05, 0) is 12.1 Å². The number of carboxylic acids is 1. The number of benzene rings is 1. The van der Waals surface area contributed by atoms with E-state index in [2.05, 4.69) is 0 Å². The third-order valence-electron chi connectivity index (χ3n) is 3.37. The van der Waals surface area contributed by atoms with Crippen LogP contribution in [0.3, 0.4) is 0 Å². The zero-order chi connectivity index (χ0) is 16.7. The number of thioether (sulfide) groups is 2. The lowest BCUT2D eigenvalue weighted by molar-refractivity contribution is -0.305. The van der Waals surface area contributed by atoms with E-state index in [1.807, 2.05) is 30.1 Å². The van der Waals surface area contributed by atoms with Crippen molar-refractivity contribution in [1.29, 1.82) is 0 Å². The number of hydrogen-bond acceptors (Lipinski definition) is 8. The van der Waals surface area contributed by atoms with Crippen molar-refractivity contribution < 1.29 is 19.4 Å². The van der Waals surface area contributed by atoms with Crippen LogP contribution in [0.1, 0.15) is 0 Å². The Morgan fingerprint density at radius 2 is 2.13 bits per heavy atom. The fourth-order valence-electron chi connectivity index (χ4n) is 2.25. The van der Waals surface area contributed by atoms with Crippen molar-refractivity contribution in [2.24, 2.45) is 0 Å². The molecule has 0 bridgehead atoms. The molecule has 23 heavy (non-hydrogen) atoms. The summed E-state index contributed by atoms with van der Waals surface area (Å²) in [6.45, 7) is -0.531. The fraction of sp³-hybridized carbons (Fsp3) is 0.214. The van der Waals surface area contributed by atoms with Gasteiger partial charge in [0, 0.05) is 18.0 Å². The molecular weight excluding hydrogens is 356 g/mol. The number of carboxylic acid groups (broad SMARTS) is 1. The van der Waals surface area contributed by atoms with Gasteiger partial charge >= 0.3 is 0 Å². The maximum absolute atomic E-state index is 12.5. The number of aliphatic carboxylic acids is 1. The van der Waals surface area contributed by atoms with E-state index in [9.17, 15) is 14.7 Å². The van der Waals surface area contributed by atoms with E-state index in [1.54, 1.807) is 7.11 Å². The van der Waals surface area contributed by atoms with Crippen molar-refractivity contribution in [3.8, 4) is 5.75 Å². The average Bonchev–Trinajstić information content (AvgIpc) is 2.98. The van der Waals surface area contributed by atoms with Crippen LogP contribution in [0.15, 0.2) is 33.0 Å². The zero-order valence-corrected chi connectivity index (χ0v) is 14.6. The summed E-state index contributed by atoms with van der Waals surface area (Å²) in [6.07, 6.45) is 0. The van der Waals surface area contributed by atoms with E-state index in [4.69, 9.17) is 17.0 Å². The van der Waals surface area contributed by atoms with E-state index < -0.39 is 18.4 Å². The van der Waals surface area contributed by atoms with Crippen molar-refractivity contribution in [2.45, 2.75) is 4.90 Å². The van der Waals surface area contributed by atoms with Crippen molar-refractivity contribution in [3.63, 3.8) is 0 Å². The number of hydrogen-bond donors (Lipinski definition) is 0. The number of carbonyl (C=O) groups is 2. The van der Waals surface area contributed by atoms with Gasteiger partial charge in [0.2, 0.25) is 0 Å². The molecule has 0 aliphatic carbocycles. The molecule has 9 heteroatoms. The third kappa shape index (κ3) is 2.79. The number of fused-ring (bicyclic) bond motifs is 1. The largest absolute Gasteiger partial charge is 0.548 e. The Morgan fingerprint density at radius 1 is 1.39 bits per heavy atom. The summed E-state index contributed by atoms with van der Waals surface area (Å²) >= 11 is 7.66. The average molecular weight is 367 g/mol. The standard InChI is InChI=1S/C14H12N2O4S3/c1-15-8-5-7(20-2)3-4-9(8)22-13(15)11-12(19)16(6-10(17)18)14(21)23-11/h3-5H,6H2,1-2H3,(H,17,18)/p-1/b13-11-. The topological polar surface area (TPSA) is 72.9 Å². The summed E-state index contributed by atoms with van der Waals surface area (Å²) in [5, 5.41) is 11.5. The van der Waals surface area contributed by atoms with Crippen molar-refractivity contribution in [2.75, 3.05) is 25.6 Å². The number of ether oxygens (including phenoxy) is 1. The van der Waals surface area contributed by atoms with E-state index in [0.29, 0.717) is 4.91 Å². The van der Waals surface area contributed by atoms with Gasteiger partial charge in [-0.15, -0.1) is 0 Å². The molecule has 1 saturated heterocycles. The lowest BCUT2D eigenvalue weighted by atomic mass is 10.3. The summed E-state index contributed by atoms with van der Waals surface area (Å²) in [7, 11) is 3.44. The first-order valence-corrected chi connectivity index (χ1v) is 8.54. The van der Waals surface area contributed by atoms with Crippen LogP contribution in [0.2, 0.25) is 0 Å². The molecule has 2 heterocycles. The molecule has 1 aromatic carbocycles. The van der Waals surface area contributed by atoms with Crippen molar-refractivity contribution >= 4 is 57.6 Å². The van der Waals surface area contributed by atoms with Gasteiger partial charge in [0.05, 0.1) is 30.3 Å². The molecule has 0 unspecified atom stereocenters. The highest BCUT2D eigenvalue weighted by molar-refractivity contribution is 8.27. The monoisotopic (exact) mass is 367 g/mol. The number of anilines is 1. The molecule has 120 valence electrons. The van der Waals surface area contributed by atoms with Gasteiger partial charge in [0.25, 0.3) is 5.91 Å². The molecule has 1 fully saturated rings. The number of rotatable bonds is 3. The van der Waals surface area contributed by atoms with Gasteiger partial charge < -0.3 is 19.5 Å². The maximum Gasteiger partial charge on any atom is 0.269 e. The van der Waals surface area contributed by atoms with Crippen LogP contribution in [-0.4, -0.2) is 41.8 Å². The molecule has 2 aliphatic heterocycles. The highest BCUT2D eigenvalue weighted by atomic mass is 32.2. The molecule has 1 amide bonds. The predicted octanol–water partition coefficient (Wildman–Crippen LogP) is 1.02. The Labute approximate surface area is 146 Å². The summed E-state index contributed by atoms with van der Waals surface area (Å²) in [6, 6.07) is 5.66. The second-order valence-electron chi connectivity index (χ2n) is 4.76. The number of carbonyl (C=O) groups excluding carboxylic acids is 2. The Morgan fingerprint density at radius 3 is 2.78 bits per heavy atom. The van der Waals surface area contributed by atoms with Gasteiger partial charge in [-0.1, -0.05) is 35.7 Å². The summed E-state index contributed by atoms with van der Waals surface area (Å²) in [4.78, 5) is 27.6. The van der Waals surface area contributed by atoms with Crippen LogP contribution in [0, 0.1) is 0 Å². The highest BCUT2D eigenvalue weighted by Crippen LogP contribution is 2.50. The Balaban J connectivity index is 1.96. The van der Waals surface area contributed by atoms with Crippen LogP contribution < -0.4 is 14.7 Å². The quantitative estimate of drug-likeness (QED) is 0.579. The smallest absolute Gasteiger partial charge is 0.269 e. The normalized spacial score (nSPS) is 20.3. The lowest BCUT2D eigenvalue weighted by Crippen LogP contribution is -2.40. The Hall–Kier alpha value is -1.71. The zero-order valence-electron chi connectivity index (χ0n) is 12.2. The highest BCUT2D eigenvalue weighted by Gasteiger charge is 2.38. The molecule has 1 aromatic rings. The Bertz CT molecular complexity index is 762. The molecule has 0 saturated carbocycles. The number of nitrogens with zero attached hydrogens (tertiary/aromatic N) is 2. The van der Waals surface area contributed by atoms with Crippen LogP contribution in [0.5, 0.6) is 5.75 Å². The third-order valence-corrected chi connectivity index (χ3v) is 6.17. The van der Waals surface area contributed by atoms with Crippen molar-refractivity contribution in [3.05, 3.63) is 28.1 Å². The Kier molecular flexibility index (Phi) is 4.26. The first-order chi connectivity index (χ1) is 10.9. The molecule has 0 radical (unpaired) electrons.